The fourth-order valence-corrected chi connectivity index (χ4v) is 0.734. The van der Waals surface area contributed by atoms with E-state index in [-0.39, 0.29) is 5.96 Å². The minimum absolute atomic E-state index is 0.0937. The Kier molecular flexibility index (Phi) is 2.84. The summed E-state index contributed by atoms with van der Waals surface area (Å²) in [4.78, 5) is 13.8. The second-order valence-corrected chi connectivity index (χ2v) is 2.09. The number of hydrogen-bond acceptors (Lipinski definition) is 2. The van der Waals surface area contributed by atoms with Crippen LogP contribution in [0.25, 0.3) is 0 Å². The van der Waals surface area contributed by atoms with E-state index in [1.807, 2.05) is 18.2 Å². The zero-order valence-corrected chi connectivity index (χ0v) is 6.40. The van der Waals surface area contributed by atoms with Crippen LogP contribution in [0.4, 0.5) is 5.69 Å². The molecule has 0 heterocycles. The van der Waals surface area contributed by atoms with Crippen LogP contribution in [0.3, 0.4) is 0 Å². The number of nitrogens with zero attached hydrogens (tertiary/aromatic N) is 1. The van der Waals surface area contributed by atoms with E-state index in [2.05, 4.69) is 10.3 Å². The number of nitrogens with one attached hydrogen (secondary N) is 1. The van der Waals surface area contributed by atoms with Gasteiger partial charge in [-0.3, -0.25) is 10.1 Å². The Balaban J connectivity index is 2.74. The van der Waals surface area contributed by atoms with E-state index in [1.54, 1.807) is 12.1 Å². The smallest absolute Gasteiger partial charge is 0.213 e. The highest BCUT2D eigenvalue weighted by atomic mass is 16.1. The number of aliphatic imine (C=N–C) groups is 1. The van der Waals surface area contributed by atoms with Gasteiger partial charge in [0, 0.05) is 0 Å². The second kappa shape index (κ2) is 4.12. The van der Waals surface area contributed by atoms with E-state index in [1.165, 1.54) is 0 Å². The first kappa shape index (κ1) is 8.26. The number of carbonyl (C=O) groups is 1. The first-order valence-corrected chi connectivity index (χ1v) is 3.42. The third kappa shape index (κ3) is 2.42. The Bertz CT molecular complexity index is 282. The van der Waals surface area contributed by atoms with Crippen LogP contribution >= 0.6 is 0 Å². The van der Waals surface area contributed by atoms with Crippen LogP contribution in [0.1, 0.15) is 0 Å². The van der Waals surface area contributed by atoms with E-state index in [0.29, 0.717) is 12.1 Å². The highest BCUT2D eigenvalue weighted by molar-refractivity contribution is 5.89. The Morgan fingerprint density at radius 2 is 2.08 bits per heavy atom. The van der Waals surface area contributed by atoms with Gasteiger partial charge in [0.05, 0.1) is 5.69 Å². The lowest BCUT2D eigenvalue weighted by atomic mass is 10.3. The molecule has 3 N–H and O–H groups in total. The maximum atomic E-state index is 9.93. The number of carbonyl (C=O) groups excluding carboxylic acids is 1. The molecule has 0 saturated carbocycles. The summed E-state index contributed by atoms with van der Waals surface area (Å²) in [5.41, 5.74) is 6.04. The lowest BCUT2D eigenvalue weighted by Gasteiger charge is -1.96. The molecule has 0 aromatic heterocycles. The van der Waals surface area contributed by atoms with Gasteiger partial charge in [-0.05, 0) is 12.1 Å². The van der Waals surface area contributed by atoms with Crippen LogP contribution in [0.15, 0.2) is 35.3 Å². The lowest BCUT2D eigenvalue weighted by Crippen LogP contribution is -2.29. The van der Waals surface area contributed by atoms with Crippen LogP contribution in [0, 0.1) is 0 Å². The summed E-state index contributed by atoms with van der Waals surface area (Å²) >= 11 is 0. The number of benzene rings is 1. The Morgan fingerprint density at radius 1 is 1.42 bits per heavy atom. The molecule has 4 heteroatoms. The van der Waals surface area contributed by atoms with Gasteiger partial charge in [0.25, 0.3) is 0 Å². The average Bonchev–Trinajstić information content (AvgIpc) is 2.06. The molecule has 0 spiro atoms. The molecule has 0 radical (unpaired) electrons. The minimum atomic E-state index is 0.0937. The maximum Gasteiger partial charge on any atom is 0.213 e. The summed E-state index contributed by atoms with van der Waals surface area (Å²) in [5, 5.41) is 2.24. The summed E-state index contributed by atoms with van der Waals surface area (Å²) in [6.45, 7) is 0. The number of rotatable bonds is 2. The van der Waals surface area contributed by atoms with Crippen molar-refractivity contribution in [1.29, 1.82) is 0 Å². The molecule has 1 amide bonds. The third-order valence-corrected chi connectivity index (χ3v) is 1.21. The van der Waals surface area contributed by atoms with Crippen molar-refractivity contribution in [2.45, 2.75) is 0 Å². The third-order valence-electron chi connectivity index (χ3n) is 1.21. The first-order chi connectivity index (χ1) is 5.83. The van der Waals surface area contributed by atoms with Crippen molar-refractivity contribution in [1.82, 2.24) is 5.32 Å². The molecular weight excluding hydrogens is 154 g/mol. The maximum absolute atomic E-state index is 9.93. The molecule has 1 rings (SSSR count). The topological polar surface area (TPSA) is 67.5 Å². The van der Waals surface area contributed by atoms with Gasteiger partial charge in [0.2, 0.25) is 6.41 Å². The van der Waals surface area contributed by atoms with Gasteiger partial charge in [0.15, 0.2) is 5.96 Å². The molecule has 62 valence electrons. The Hall–Kier alpha value is -1.84. The van der Waals surface area contributed by atoms with Crippen molar-refractivity contribution in [3.05, 3.63) is 30.3 Å². The van der Waals surface area contributed by atoms with Crippen molar-refractivity contribution < 1.29 is 4.79 Å². The Labute approximate surface area is 70.1 Å². The predicted octanol–water partition coefficient (Wildman–Crippen LogP) is 0.379. The first-order valence-electron chi connectivity index (χ1n) is 3.42. The number of hydrogen-bond donors (Lipinski definition) is 2. The summed E-state index contributed by atoms with van der Waals surface area (Å²) in [6, 6.07) is 9.14. The molecule has 12 heavy (non-hydrogen) atoms. The predicted molar refractivity (Wildman–Crippen MR) is 46.9 cm³/mol. The van der Waals surface area contributed by atoms with E-state index < -0.39 is 0 Å². The van der Waals surface area contributed by atoms with Crippen LogP contribution in [-0.2, 0) is 4.79 Å². The second-order valence-electron chi connectivity index (χ2n) is 2.09. The SMILES string of the molecule is NC(=Nc1ccccc1)NC=O. The molecule has 4 nitrogen and oxygen atoms in total. The molecule has 0 saturated heterocycles. The zero-order valence-electron chi connectivity index (χ0n) is 6.40. The standard InChI is InChI=1S/C8H9N3O/c9-8(10-6-12)11-7-4-2-1-3-5-7/h1-6H,(H3,9,10,11,12). The summed E-state index contributed by atoms with van der Waals surface area (Å²) in [6.07, 6.45) is 0.488. The normalized spacial score (nSPS) is 10.8. The van der Waals surface area contributed by atoms with Crippen LogP contribution in [0.2, 0.25) is 0 Å². The number of para-hydroxylation sites is 1. The highest BCUT2D eigenvalue weighted by Gasteiger charge is 1.88. The minimum Gasteiger partial charge on any atom is -0.369 e. The van der Waals surface area contributed by atoms with Crippen LogP contribution < -0.4 is 11.1 Å². The van der Waals surface area contributed by atoms with Crippen molar-refractivity contribution in [2.24, 2.45) is 10.7 Å². The summed E-state index contributed by atoms with van der Waals surface area (Å²) in [7, 11) is 0. The van der Waals surface area contributed by atoms with Gasteiger partial charge in [-0.25, -0.2) is 4.99 Å². The highest BCUT2D eigenvalue weighted by Crippen LogP contribution is 2.08. The largest absolute Gasteiger partial charge is 0.369 e. The molecule has 0 aliphatic heterocycles. The fourth-order valence-electron chi connectivity index (χ4n) is 0.734. The number of nitrogens with two attached hydrogens (primary N) is 1. The van der Waals surface area contributed by atoms with Crippen molar-refractivity contribution in [3.8, 4) is 0 Å². The molecule has 0 aliphatic carbocycles. The van der Waals surface area contributed by atoms with Crippen LogP contribution in [-0.4, -0.2) is 12.4 Å². The zero-order chi connectivity index (χ0) is 8.81. The van der Waals surface area contributed by atoms with Crippen molar-refractivity contribution in [3.63, 3.8) is 0 Å². The average molecular weight is 163 g/mol. The van der Waals surface area contributed by atoms with Crippen molar-refractivity contribution in [2.75, 3.05) is 0 Å². The number of amides is 1. The van der Waals surface area contributed by atoms with Crippen molar-refractivity contribution >= 4 is 18.1 Å². The van der Waals surface area contributed by atoms with Gasteiger partial charge in [-0.15, -0.1) is 0 Å². The molecule has 0 fully saturated rings. The van der Waals surface area contributed by atoms with Crippen LogP contribution in [0.5, 0.6) is 0 Å². The summed E-state index contributed by atoms with van der Waals surface area (Å²) < 4.78 is 0. The molecule has 0 unspecified atom stereocenters. The van der Waals surface area contributed by atoms with E-state index in [4.69, 9.17) is 5.73 Å². The van der Waals surface area contributed by atoms with Gasteiger partial charge in [-0.2, -0.15) is 0 Å². The molecule has 0 atom stereocenters. The monoisotopic (exact) mass is 163 g/mol. The molecule has 1 aromatic carbocycles. The summed E-state index contributed by atoms with van der Waals surface area (Å²) in [5.74, 6) is 0.0937. The Morgan fingerprint density at radius 3 is 2.67 bits per heavy atom. The molecule has 1 aromatic rings. The lowest BCUT2D eigenvalue weighted by molar-refractivity contribution is -0.108. The van der Waals surface area contributed by atoms with Gasteiger partial charge >= 0.3 is 0 Å². The van der Waals surface area contributed by atoms with E-state index >= 15 is 0 Å². The van der Waals surface area contributed by atoms with Gasteiger partial charge < -0.3 is 5.73 Å². The number of guanidine groups is 1. The molecular formula is C8H9N3O. The van der Waals surface area contributed by atoms with E-state index in [9.17, 15) is 4.79 Å². The molecule has 0 aliphatic rings. The quantitative estimate of drug-likeness (QED) is 0.376. The van der Waals surface area contributed by atoms with Gasteiger partial charge in [-0.1, -0.05) is 18.2 Å². The van der Waals surface area contributed by atoms with E-state index in [0.717, 1.165) is 0 Å². The molecule has 0 bridgehead atoms. The fraction of sp³-hybridized carbons (Fsp3) is 0. The van der Waals surface area contributed by atoms with Gasteiger partial charge in [0.1, 0.15) is 0 Å².